The van der Waals surface area contributed by atoms with E-state index in [1.54, 1.807) is 38.1 Å². The quantitative estimate of drug-likeness (QED) is 0.370. The molecular formula is C21H23N5O2. The molecule has 0 aliphatic rings. The molecule has 0 radical (unpaired) electrons. The fourth-order valence-corrected chi connectivity index (χ4v) is 2.95. The van der Waals surface area contributed by atoms with Crippen molar-refractivity contribution in [3.63, 3.8) is 0 Å². The molecular weight excluding hydrogens is 354 g/mol. The molecule has 0 saturated carbocycles. The average molecular weight is 377 g/mol. The van der Waals surface area contributed by atoms with Gasteiger partial charge in [0, 0.05) is 16.9 Å². The number of nitrogens with two attached hydrogens (primary N) is 1. The van der Waals surface area contributed by atoms with Gasteiger partial charge in [0.1, 0.15) is 0 Å². The molecule has 1 aromatic heterocycles. The Morgan fingerprint density at radius 1 is 1.11 bits per heavy atom. The van der Waals surface area contributed by atoms with Gasteiger partial charge in [-0.1, -0.05) is 12.1 Å². The van der Waals surface area contributed by atoms with Crippen LogP contribution in [-0.2, 0) is 0 Å². The molecule has 1 amide bonds. The van der Waals surface area contributed by atoms with Crippen LogP contribution < -0.4 is 16.7 Å². The van der Waals surface area contributed by atoms with Crippen LogP contribution in [0.5, 0.6) is 0 Å². The molecule has 7 nitrogen and oxygen atoms in total. The summed E-state index contributed by atoms with van der Waals surface area (Å²) in [7, 11) is 0. The Morgan fingerprint density at radius 2 is 1.86 bits per heavy atom. The van der Waals surface area contributed by atoms with E-state index in [0.29, 0.717) is 28.2 Å². The van der Waals surface area contributed by atoms with E-state index in [-0.39, 0.29) is 5.56 Å². The van der Waals surface area contributed by atoms with Crippen LogP contribution in [0.25, 0.3) is 5.69 Å². The number of aromatic amines is 1. The lowest BCUT2D eigenvalue weighted by Crippen LogP contribution is -2.23. The molecule has 144 valence electrons. The number of nitrogen functional groups attached to an aromatic ring is 1. The number of H-pyrrole nitrogens is 1. The summed E-state index contributed by atoms with van der Waals surface area (Å²) in [4.78, 5) is 25.1. The molecule has 7 heteroatoms. The van der Waals surface area contributed by atoms with Crippen LogP contribution in [0.3, 0.4) is 0 Å². The molecule has 28 heavy (non-hydrogen) atoms. The fraction of sp³-hybridized carbons (Fsp3) is 0.190. The summed E-state index contributed by atoms with van der Waals surface area (Å²) in [5.41, 5.74) is 13.3. The third kappa shape index (κ3) is 3.73. The molecule has 0 saturated heterocycles. The van der Waals surface area contributed by atoms with Crippen molar-refractivity contribution >= 4 is 17.3 Å². The molecule has 4 N–H and O–H groups in total. The Kier molecular flexibility index (Phi) is 5.17. The number of carbonyl (C=O) groups is 1. The third-order valence-electron chi connectivity index (χ3n) is 4.66. The van der Waals surface area contributed by atoms with Crippen molar-refractivity contribution in [3.05, 3.63) is 80.8 Å². The van der Waals surface area contributed by atoms with Crippen LogP contribution in [0.2, 0.25) is 0 Å². The van der Waals surface area contributed by atoms with Gasteiger partial charge in [0.25, 0.3) is 11.5 Å². The number of amides is 1. The number of nitrogens with one attached hydrogen (secondary N) is 2. The zero-order valence-electron chi connectivity index (χ0n) is 16.3. The summed E-state index contributed by atoms with van der Waals surface area (Å²) in [5, 5.41) is 7.18. The van der Waals surface area contributed by atoms with Gasteiger partial charge in [-0.25, -0.2) is 10.1 Å². The standard InChI is InChI=1S/C21H23N5O2/c1-12-8-9-18(10-13(12)2)26-21(28)19(15(4)25-26)14(3)23-24-20(27)16-6-5-7-17(22)11-16/h5-11,25H,22H2,1-4H3,(H,24,27)/b23-14+. The van der Waals surface area contributed by atoms with Crippen LogP contribution in [0.15, 0.2) is 52.4 Å². The van der Waals surface area contributed by atoms with E-state index in [4.69, 9.17) is 5.73 Å². The van der Waals surface area contributed by atoms with Crippen molar-refractivity contribution in [1.29, 1.82) is 0 Å². The van der Waals surface area contributed by atoms with Gasteiger partial charge < -0.3 is 5.73 Å². The van der Waals surface area contributed by atoms with Gasteiger partial charge in [0.15, 0.2) is 0 Å². The predicted molar refractivity (Wildman–Crippen MR) is 111 cm³/mol. The molecule has 0 aliphatic heterocycles. The minimum atomic E-state index is -0.394. The van der Waals surface area contributed by atoms with E-state index >= 15 is 0 Å². The zero-order valence-corrected chi connectivity index (χ0v) is 16.3. The number of aromatic nitrogens is 2. The first-order chi connectivity index (χ1) is 13.3. The second-order valence-electron chi connectivity index (χ2n) is 6.78. The summed E-state index contributed by atoms with van der Waals surface area (Å²) in [5.74, 6) is -0.394. The SMILES string of the molecule is C/C(=N\NC(=O)c1cccc(N)c1)c1c(C)[nH]n(-c2ccc(C)c(C)c2)c1=O. The van der Waals surface area contributed by atoms with Crippen molar-refractivity contribution in [2.75, 3.05) is 5.73 Å². The highest BCUT2D eigenvalue weighted by molar-refractivity contribution is 6.01. The zero-order chi connectivity index (χ0) is 20.4. The Morgan fingerprint density at radius 3 is 2.54 bits per heavy atom. The van der Waals surface area contributed by atoms with E-state index in [9.17, 15) is 9.59 Å². The maximum Gasteiger partial charge on any atom is 0.280 e. The Balaban J connectivity index is 1.90. The van der Waals surface area contributed by atoms with Crippen LogP contribution in [0.4, 0.5) is 5.69 Å². The molecule has 3 rings (SSSR count). The highest BCUT2D eigenvalue weighted by Crippen LogP contribution is 2.13. The van der Waals surface area contributed by atoms with Crippen LogP contribution in [0, 0.1) is 20.8 Å². The molecule has 3 aromatic rings. The molecule has 0 bridgehead atoms. The van der Waals surface area contributed by atoms with Gasteiger partial charge in [0.05, 0.1) is 17.0 Å². The fourth-order valence-electron chi connectivity index (χ4n) is 2.95. The summed E-state index contributed by atoms with van der Waals surface area (Å²) in [6, 6.07) is 12.4. The van der Waals surface area contributed by atoms with Gasteiger partial charge >= 0.3 is 0 Å². The van der Waals surface area contributed by atoms with E-state index in [1.807, 2.05) is 32.0 Å². The number of benzene rings is 2. The third-order valence-corrected chi connectivity index (χ3v) is 4.66. The van der Waals surface area contributed by atoms with Crippen molar-refractivity contribution in [2.24, 2.45) is 5.10 Å². The number of hydrazone groups is 1. The van der Waals surface area contributed by atoms with E-state index in [0.717, 1.165) is 16.8 Å². The monoisotopic (exact) mass is 377 g/mol. The number of hydrogen-bond acceptors (Lipinski definition) is 4. The first kappa shape index (κ1) is 19.2. The molecule has 0 spiro atoms. The highest BCUT2D eigenvalue weighted by Gasteiger charge is 2.16. The number of aryl methyl sites for hydroxylation is 3. The van der Waals surface area contributed by atoms with Crippen LogP contribution >= 0.6 is 0 Å². The largest absolute Gasteiger partial charge is 0.399 e. The number of hydrogen-bond donors (Lipinski definition) is 3. The van der Waals surface area contributed by atoms with E-state index in [2.05, 4.69) is 15.6 Å². The number of carbonyl (C=O) groups excluding carboxylic acids is 1. The minimum Gasteiger partial charge on any atom is -0.399 e. The molecule has 0 unspecified atom stereocenters. The molecule has 0 atom stereocenters. The first-order valence-corrected chi connectivity index (χ1v) is 8.87. The van der Waals surface area contributed by atoms with Crippen molar-refractivity contribution in [3.8, 4) is 5.69 Å². The van der Waals surface area contributed by atoms with Gasteiger partial charge in [-0.3, -0.25) is 14.7 Å². The molecule has 2 aromatic carbocycles. The van der Waals surface area contributed by atoms with Gasteiger partial charge in [0.2, 0.25) is 0 Å². The number of rotatable bonds is 4. The van der Waals surface area contributed by atoms with Crippen molar-refractivity contribution in [2.45, 2.75) is 27.7 Å². The summed E-state index contributed by atoms with van der Waals surface area (Å²) >= 11 is 0. The maximum atomic E-state index is 12.9. The minimum absolute atomic E-state index is 0.222. The normalized spacial score (nSPS) is 11.5. The first-order valence-electron chi connectivity index (χ1n) is 8.87. The second-order valence-corrected chi connectivity index (χ2v) is 6.78. The second kappa shape index (κ2) is 7.56. The summed E-state index contributed by atoms with van der Waals surface area (Å²) < 4.78 is 1.48. The van der Waals surface area contributed by atoms with Gasteiger partial charge in [-0.2, -0.15) is 5.10 Å². The summed E-state index contributed by atoms with van der Waals surface area (Å²) in [6.45, 7) is 7.50. The number of nitrogens with zero attached hydrogens (tertiary/aromatic N) is 2. The molecule has 1 heterocycles. The predicted octanol–water partition coefficient (Wildman–Crippen LogP) is 2.83. The molecule has 0 aliphatic carbocycles. The maximum absolute atomic E-state index is 12.9. The van der Waals surface area contributed by atoms with E-state index < -0.39 is 5.91 Å². The van der Waals surface area contributed by atoms with Crippen molar-refractivity contribution < 1.29 is 4.79 Å². The van der Waals surface area contributed by atoms with Gasteiger partial charge in [-0.15, -0.1) is 0 Å². The lowest BCUT2D eigenvalue weighted by molar-refractivity contribution is 0.0955. The topological polar surface area (TPSA) is 105 Å². The lowest BCUT2D eigenvalue weighted by Gasteiger charge is -2.05. The highest BCUT2D eigenvalue weighted by atomic mass is 16.2. The van der Waals surface area contributed by atoms with Crippen LogP contribution in [0.1, 0.15) is 39.7 Å². The summed E-state index contributed by atoms with van der Waals surface area (Å²) in [6.07, 6.45) is 0. The van der Waals surface area contributed by atoms with E-state index in [1.165, 1.54) is 4.68 Å². The van der Waals surface area contributed by atoms with Crippen LogP contribution in [-0.4, -0.2) is 21.4 Å². The smallest absolute Gasteiger partial charge is 0.280 e. The molecule has 0 fully saturated rings. The Labute approximate surface area is 162 Å². The van der Waals surface area contributed by atoms with Crippen molar-refractivity contribution in [1.82, 2.24) is 15.2 Å². The Bertz CT molecular complexity index is 1140. The lowest BCUT2D eigenvalue weighted by atomic mass is 10.1. The van der Waals surface area contributed by atoms with Gasteiger partial charge in [-0.05, 0) is 69.2 Å². The number of anilines is 1. The average Bonchev–Trinajstić information content (AvgIpc) is 2.96. The Hall–Kier alpha value is -3.61.